The molecule has 0 heterocycles. The third-order valence-electron chi connectivity index (χ3n) is 2.23. The van der Waals surface area contributed by atoms with Gasteiger partial charge in [0, 0.05) is 13.5 Å². The number of ether oxygens (including phenoxy) is 2. The largest absolute Gasteiger partial charge is 0.464 e. The Labute approximate surface area is 96.0 Å². The van der Waals surface area contributed by atoms with Gasteiger partial charge < -0.3 is 14.6 Å². The molecule has 5 heteroatoms. The summed E-state index contributed by atoms with van der Waals surface area (Å²) in [6.45, 7) is 5.53. The summed E-state index contributed by atoms with van der Waals surface area (Å²) < 4.78 is 10.1. The molecule has 0 spiro atoms. The van der Waals surface area contributed by atoms with Crippen LogP contribution in [0.25, 0.3) is 0 Å². The van der Waals surface area contributed by atoms with Gasteiger partial charge in [-0.15, -0.1) is 0 Å². The summed E-state index contributed by atoms with van der Waals surface area (Å²) in [6.07, 6.45) is 0.172. The lowest BCUT2D eigenvalue weighted by Gasteiger charge is -2.29. The highest BCUT2D eigenvalue weighted by molar-refractivity contribution is 5.79. The van der Waals surface area contributed by atoms with Crippen molar-refractivity contribution in [3.05, 3.63) is 0 Å². The van der Waals surface area contributed by atoms with Crippen LogP contribution < -0.4 is 0 Å². The highest BCUT2D eigenvalue weighted by Gasteiger charge is 2.39. The molecule has 0 aliphatic heterocycles. The standard InChI is InChI=1S/C10H20O4.H4Si/c1-5-10(13-4,7-8(3)11)9(12)14-6-2;/h8,11H,5-7H2,1-4H3;1H4. The van der Waals surface area contributed by atoms with Crippen LogP contribution >= 0.6 is 0 Å². The summed E-state index contributed by atoms with van der Waals surface area (Å²) in [5.74, 6) is -0.397. The molecule has 0 amide bonds. The molecule has 0 saturated carbocycles. The average Bonchev–Trinajstić information content (AvgIpc) is 2.14. The van der Waals surface area contributed by atoms with Crippen molar-refractivity contribution >= 4 is 16.9 Å². The van der Waals surface area contributed by atoms with E-state index in [4.69, 9.17) is 9.47 Å². The van der Waals surface area contributed by atoms with Gasteiger partial charge in [0.2, 0.25) is 0 Å². The van der Waals surface area contributed by atoms with Crippen LogP contribution in [0.1, 0.15) is 33.6 Å². The van der Waals surface area contributed by atoms with E-state index in [1.54, 1.807) is 13.8 Å². The van der Waals surface area contributed by atoms with E-state index >= 15 is 0 Å². The first kappa shape index (κ1) is 17.0. The van der Waals surface area contributed by atoms with Crippen molar-refractivity contribution in [2.24, 2.45) is 0 Å². The minimum absolute atomic E-state index is 0. The zero-order valence-electron chi connectivity index (χ0n) is 9.37. The predicted octanol–water partition coefficient (Wildman–Crippen LogP) is -0.336. The van der Waals surface area contributed by atoms with Crippen LogP contribution in [0.15, 0.2) is 0 Å². The molecule has 0 aliphatic rings. The fourth-order valence-electron chi connectivity index (χ4n) is 1.42. The summed E-state index contributed by atoms with van der Waals surface area (Å²) in [5.41, 5.74) is -0.996. The molecule has 1 N–H and O–H groups in total. The molecule has 4 nitrogen and oxygen atoms in total. The SMILES string of the molecule is CCOC(=O)C(CC)(CC(C)O)OC.[SiH4]. The normalized spacial score (nSPS) is 16.1. The van der Waals surface area contributed by atoms with Crippen LogP contribution in [-0.2, 0) is 14.3 Å². The van der Waals surface area contributed by atoms with E-state index in [2.05, 4.69) is 0 Å². The highest BCUT2D eigenvalue weighted by Crippen LogP contribution is 2.23. The van der Waals surface area contributed by atoms with E-state index < -0.39 is 17.7 Å². The van der Waals surface area contributed by atoms with E-state index in [-0.39, 0.29) is 17.4 Å². The molecule has 0 aliphatic carbocycles. The predicted molar refractivity (Wildman–Crippen MR) is 64.3 cm³/mol. The Bertz CT molecular complexity index is 178. The molecule has 0 aromatic carbocycles. The summed E-state index contributed by atoms with van der Waals surface area (Å²) >= 11 is 0. The first-order chi connectivity index (χ1) is 6.52. The topological polar surface area (TPSA) is 55.8 Å². The zero-order valence-corrected chi connectivity index (χ0v) is 9.37. The molecule has 0 aromatic rings. The van der Waals surface area contributed by atoms with Crippen molar-refractivity contribution in [2.45, 2.75) is 45.3 Å². The van der Waals surface area contributed by atoms with Gasteiger partial charge in [0.1, 0.15) is 0 Å². The average molecular weight is 236 g/mol. The van der Waals surface area contributed by atoms with Gasteiger partial charge in [-0.25, -0.2) is 4.79 Å². The summed E-state index contributed by atoms with van der Waals surface area (Å²) in [4.78, 5) is 11.6. The number of hydrogen-bond donors (Lipinski definition) is 1. The van der Waals surface area contributed by atoms with Crippen molar-refractivity contribution in [3.63, 3.8) is 0 Å². The molecule has 2 unspecified atom stereocenters. The molecule has 0 bridgehead atoms. The van der Waals surface area contributed by atoms with Gasteiger partial charge in [-0.1, -0.05) is 6.92 Å². The van der Waals surface area contributed by atoms with Crippen molar-refractivity contribution in [3.8, 4) is 0 Å². The zero-order chi connectivity index (χ0) is 11.2. The molecular formula is C10H24O4Si. The summed E-state index contributed by atoms with van der Waals surface area (Å²) in [7, 11) is 1.46. The van der Waals surface area contributed by atoms with E-state index in [0.717, 1.165) is 0 Å². The van der Waals surface area contributed by atoms with E-state index in [0.29, 0.717) is 13.0 Å². The lowest BCUT2D eigenvalue weighted by Crippen LogP contribution is -2.44. The number of esters is 1. The van der Waals surface area contributed by atoms with Crippen molar-refractivity contribution in [1.29, 1.82) is 0 Å². The number of carbonyl (C=O) groups is 1. The Hall–Kier alpha value is -0.393. The number of aliphatic hydroxyl groups excluding tert-OH is 1. The molecule has 2 atom stereocenters. The van der Waals surface area contributed by atoms with E-state index in [1.165, 1.54) is 7.11 Å². The first-order valence-electron chi connectivity index (χ1n) is 4.92. The fourth-order valence-corrected chi connectivity index (χ4v) is 1.42. The lowest BCUT2D eigenvalue weighted by molar-refractivity contribution is -0.172. The number of methoxy groups -OCH3 is 1. The van der Waals surface area contributed by atoms with Crippen LogP contribution in [0.3, 0.4) is 0 Å². The van der Waals surface area contributed by atoms with Gasteiger partial charge in [-0.3, -0.25) is 0 Å². The Kier molecular flexibility index (Phi) is 8.90. The first-order valence-corrected chi connectivity index (χ1v) is 4.92. The van der Waals surface area contributed by atoms with Crippen molar-refractivity contribution in [1.82, 2.24) is 0 Å². The maximum atomic E-state index is 11.6. The van der Waals surface area contributed by atoms with Crippen LogP contribution in [0.5, 0.6) is 0 Å². The number of carbonyl (C=O) groups excluding carboxylic acids is 1. The van der Waals surface area contributed by atoms with Crippen LogP contribution in [-0.4, -0.2) is 47.5 Å². The van der Waals surface area contributed by atoms with Gasteiger partial charge in [0.25, 0.3) is 0 Å². The lowest BCUT2D eigenvalue weighted by atomic mass is 9.93. The molecule has 0 aromatic heterocycles. The van der Waals surface area contributed by atoms with E-state index in [1.807, 2.05) is 6.92 Å². The Morgan fingerprint density at radius 3 is 2.27 bits per heavy atom. The minimum Gasteiger partial charge on any atom is -0.464 e. The molecular weight excluding hydrogens is 212 g/mol. The van der Waals surface area contributed by atoms with Crippen molar-refractivity contribution < 1.29 is 19.4 Å². The Balaban J connectivity index is 0. The molecule has 0 radical (unpaired) electrons. The third-order valence-corrected chi connectivity index (χ3v) is 2.23. The van der Waals surface area contributed by atoms with Crippen LogP contribution in [0.2, 0.25) is 0 Å². The summed E-state index contributed by atoms with van der Waals surface area (Å²) in [6, 6.07) is 0. The highest BCUT2D eigenvalue weighted by atomic mass is 28.1. The fraction of sp³-hybridized carbons (Fsp3) is 0.900. The third kappa shape index (κ3) is 4.77. The number of rotatable bonds is 6. The van der Waals surface area contributed by atoms with Crippen LogP contribution in [0, 0.1) is 0 Å². The second-order valence-corrected chi connectivity index (χ2v) is 3.33. The van der Waals surface area contributed by atoms with E-state index in [9.17, 15) is 9.90 Å². The van der Waals surface area contributed by atoms with Gasteiger partial charge in [0.05, 0.1) is 12.7 Å². The number of hydrogen-bond acceptors (Lipinski definition) is 4. The Morgan fingerprint density at radius 1 is 1.47 bits per heavy atom. The van der Waals surface area contributed by atoms with Gasteiger partial charge >= 0.3 is 5.97 Å². The summed E-state index contributed by atoms with van der Waals surface area (Å²) in [5, 5.41) is 9.28. The van der Waals surface area contributed by atoms with Gasteiger partial charge in [-0.05, 0) is 31.2 Å². The van der Waals surface area contributed by atoms with Gasteiger partial charge in [-0.2, -0.15) is 0 Å². The second-order valence-electron chi connectivity index (χ2n) is 3.33. The molecule has 92 valence electrons. The minimum atomic E-state index is -0.996. The monoisotopic (exact) mass is 236 g/mol. The quantitative estimate of drug-likeness (QED) is 0.506. The number of aliphatic hydroxyl groups is 1. The molecule has 0 fully saturated rings. The molecule has 15 heavy (non-hydrogen) atoms. The smallest absolute Gasteiger partial charge is 0.338 e. The van der Waals surface area contributed by atoms with Crippen LogP contribution in [0.4, 0.5) is 0 Å². The molecule has 0 saturated heterocycles. The Morgan fingerprint density at radius 2 is 2.00 bits per heavy atom. The second kappa shape index (κ2) is 7.84. The maximum Gasteiger partial charge on any atom is 0.338 e. The maximum absolute atomic E-state index is 11.6. The van der Waals surface area contributed by atoms with Gasteiger partial charge in [0.15, 0.2) is 5.60 Å². The molecule has 0 rings (SSSR count). The van der Waals surface area contributed by atoms with Crippen molar-refractivity contribution in [2.75, 3.05) is 13.7 Å².